The Morgan fingerprint density at radius 3 is 2.24 bits per heavy atom. The molecule has 0 aliphatic carbocycles. The van der Waals surface area contributed by atoms with E-state index in [1.807, 2.05) is 54.6 Å². The largest absolute Gasteiger partial charge is 0.489 e. The van der Waals surface area contributed by atoms with Gasteiger partial charge in [-0.05, 0) is 36.1 Å². The average Bonchev–Trinajstić information content (AvgIpc) is 2.60. The van der Waals surface area contributed by atoms with Crippen LogP contribution in [0.15, 0.2) is 54.6 Å². The third-order valence-electron chi connectivity index (χ3n) is 3.44. The van der Waals surface area contributed by atoms with Crippen molar-refractivity contribution in [3.8, 4) is 5.75 Å². The Morgan fingerprint density at radius 2 is 1.56 bits per heavy atom. The highest BCUT2D eigenvalue weighted by atomic mass is 32.2. The summed E-state index contributed by atoms with van der Waals surface area (Å²) in [4.78, 5) is 0. The Hall–Kier alpha value is -1.89. The van der Waals surface area contributed by atoms with Gasteiger partial charge in [-0.2, -0.15) is 8.42 Å². The van der Waals surface area contributed by atoms with E-state index in [2.05, 4.69) is 4.18 Å². The lowest BCUT2D eigenvalue weighted by Gasteiger charge is -2.08. The molecule has 0 heterocycles. The SMILES string of the molecule is CS(=O)(=O)OCCCOCCc1ccc(OCc2ccccc2)cc1. The molecule has 0 aliphatic rings. The zero-order chi connectivity index (χ0) is 18.0. The van der Waals surface area contributed by atoms with Gasteiger partial charge in [-0.15, -0.1) is 0 Å². The summed E-state index contributed by atoms with van der Waals surface area (Å²) in [7, 11) is -3.35. The van der Waals surface area contributed by atoms with Gasteiger partial charge in [0, 0.05) is 6.61 Å². The molecular formula is C19H24O5S. The van der Waals surface area contributed by atoms with Gasteiger partial charge in [0.1, 0.15) is 12.4 Å². The highest BCUT2D eigenvalue weighted by molar-refractivity contribution is 7.85. The predicted molar refractivity (Wildman–Crippen MR) is 97.2 cm³/mol. The Bertz CT molecular complexity index is 711. The average molecular weight is 364 g/mol. The fourth-order valence-electron chi connectivity index (χ4n) is 2.16. The summed E-state index contributed by atoms with van der Waals surface area (Å²) in [6.45, 7) is 1.78. The molecule has 0 spiro atoms. The smallest absolute Gasteiger partial charge is 0.264 e. The minimum absolute atomic E-state index is 0.159. The first-order chi connectivity index (χ1) is 12.0. The third-order valence-corrected chi connectivity index (χ3v) is 4.03. The van der Waals surface area contributed by atoms with Crippen LogP contribution in [0.1, 0.15) is 17.5 Å². The van der Waals surface area contributed by atoms with E-state index in [1.165, 1.54) is 5.56 Å². The van der Waals surface area contributed by atoms with E-state index < -0.39 is 10.1 Å². The van der Waals surface area contributed by atoms with Crippen LogP contribution in [0.2, 0.25) is 0 Å². The molecule has 6 heteroatoms. The van der Waals surface area contributed by atoms with E-state index in [0.717, 1.165) is 24.0 Å². The number of ether oxygens (including phenoxy) is 2. The molecule has 0 N–H and O–H groups in total. The zero-order valence-corrected chi connectivity index (χ0v) is 15.2. The van der Waals surface area contributed by atoms with Crippen LogP contribution in [0.5, 0.6) is 5.75 Å². The molecule has 0 saturated heterocycles. The zero-order valence-electron chi connectivity index (χ0n) is 14.4. The molecule has 2 rings (SSSR count). The van der Waals surface area contributed by atoms with Crippen molar-refractivity contribution < 1.29 is 22.1 Å². The quantitative estimate of drug-likeness (QED) is 0.453. The molecule has 0 radical (unpaired) electrons. The molecular weight excluding hydrogens is 340 g/mol. The van der Waals surface area contributed by atoms with Crippen molar-refractivity contribution in [3.05, 3.63) is 65.7 Å². The van der Waals surface area contributed by atoms with E-state index >= 15 is 0 Å². The topological polar surface area (TPSA) is 61.8 Å². The van der Waals surface area contributed by atoms with Gasteiger partial charge in [-0.3, -0.25) is 4.18 Å². The Labute approximate surface area is 149 Å². The fourth-order valence-corrected chi connectivity index (χ4v) is 2.58. The van der Waals surface area contributed by atoms with E-state index in [-0.39, 0.29) is 6.61 Å². The van der Waals surface area contributed by atoms with Gasteiger partial charge in [0.25, 0.3) is 10.1 Å². The van der Waals surface area contributed by atoms with Gasteiger partial charge < -0.3 is 9.47 Å². The first-order valence-electron chi connectivity index (χ1n) is 8.21. The molecule has 0 saturated carbocycles. The minimum Gasteiger partial charge on any atom is -0.489 e. The fraction of sp³-hybridized carbons (Fsp3) is 0.368. The van der Waals surface area contributed by atoms with E-state index in [1.54, 1.807) is 0 Å². The van der Waals surface area contributed by atoms with Crippen LogP contribution in [0, 0.1) is 0 Å². The van der Waals surface area contributed by atoms with Gasteiger partial charge in [0.05, 0.1) is 19.5 Å². The van der Waals surface area contributed by atoms with Crippen LogP contribution in [-0.4, -0.2) is 34.5 Å². The van der Waals surface area contributed by atoms with E-state index in [0.29, 0.717) is 26.2 Å². The Kier molecular flexibility index (Phi) is 7.91. The van der Waals surface area contributed by atoms with Crippen LogP contribution in [0.25, 0.3) is 0 Å². The van der Waals surface area contributed by atoms with Crippen molar-refractivity contribution in [2.24, 2.45) is 0 Å². The third kappa shape index (κ3) is 8.67. The number of hydrogen-bond donors (Lipinski definition) is 0. The summed E-state index contributed by atoms with van der Waals surface area (Å²) in [5.74, 6) is 0.839. The summed E-state index contributed by atoms with van der Waals surface area (Å²) in [6.07, 6.45) is 2.40. The maximum atomic E-state index is 10.8. The standard InChI is InChI=1S/C19H24O5S/c1-25(20,21)24-14-5-13-22-15-12-17-8-10-19(11-9-17)23-16-18-6-3-2-4-7-18/h2-4,6-11H,5,12-16H2,1H3. The van der Waals surface area contributed by atoms with Crippen molar-refractivity contribution in [1.29, 1.82) is 0 Å². The monoisotopic (exact) mass is 364 g/mol. The summed E-state index contributed by atoms with van der Waals surface area (Å²) in [5, 5.41) is 0. The second kappa shape index (κ2) is 10.2. The molecule has 0 bridgehead atoms. The van der Waals surface area contributed by atoms with Crippen LogP contribution in [-0.2, 0) is 32.1 Å². The van der Waals surface area contributed by atoms with Gasteiger partial charge in [-0.25, -0.2) is 0 Å². The van der Waals surface area contributed by atoms with Crippen LogP contribution in [0.3, 0.4) is 0 Å². The van der Waals surface area contributed by atoms with E-state index in [4.69, 9.17) is 9.47 Å². The molecule has 136 valence electrons. The van der Waals surface area contributed by atoms with Crippen LogP contribution in [0.4, 0.5) is 0 Å². The van der Waals surface area contributed by atoms with E-state index in [9.17, 15) is 8.42 Å². The number of benzene rings is 2. The van der Waals surface area contributed by atoms with Crippen molar-refractivity contribution in [2.75, 3.05) is 26.1 Å². The highest BCUT2D eigenvalue weighted by Crippen LogP contribution is 2.14. The van der Waals surface area contributed by atoms with Gasteiger partial charge >= 0.3 is 0 Å². The molecule has 0 aromatic heterocycles. The molecule has 0 atom stereocenters. The van der Waals surface area contributed by atoms with Crippen molar-refractivity contribution in [1.82, 2.24) is 0 Å². The summed E-state index contributed by atoms with van der Waals surface area (Å²) in [6, 6.07) is 18.0. The first-order valence-corrected chi connectivity index (χ1v) is 10.0. The Balaban J connectivity index is 1.60. The molecule has 25 heavy (non-hydrogen) atoms. The highest BCUT2D eigenvalue weighted by Gasteiger charge is 2.01. The lowest BCUT2D eigenvalue weighted by atomic mass is 10.1. The minimum atomic E-state index is -3.35. The second-order valence-corrected chi connectivity index (χ2v) is 7.30. The number of hydrogen-bond acceptors (Lipinski definition) is 5. The second-order valence-electron chi connectivity index (χ2n) is 5.66. The van der Waals surface area contributed by atoms with Crippen LogP contribution < -0.4 is 4.74 Å². The predicted octanol–water partition coefficient (Wildman–Crippen LogP) is 3.19. The molecule has 0 unspecified atom stereocenters. The first kappa shape index (κ1) is 19.4. The Morgan fingerprint density at radius 1 is 0.840 bits per heavy atom. The molecule has 0 aliphatic heterocycles. The molecule has 5 nitrogen and oxygen atoms in total. The molecule has 0 amide bonds. The van der Waals surface area contributed by atoms with Gasteiger partial charge in [0.15, 0.2) is 0 Å². The summed E-state index contributed by atoms with van der Waals surface area (Å²) in [5.41, 5.74) is 2.30. The maximum Gasteiger partial charge on any atom is 0.264 e. The van der Waals surface area contributed by atoms with Crippen molar-refractivity contribution in [3.63, 3.8) is 0 Å². The van der Waals surface area contributed by atoms with Gasteiger partial charge in [-0.1, -0.05) is 42.5 Å². The summed E-state index contributed by atoms with van der Waals surface area (Å²) >= 11 is 0. The molecule has 2 aromatic carbocycles. The van der Waals surface area contributed by atoms with Gasteiger partial charge in [0.2, 0.25) is 0 Å². The molecule has 0 fully saturated rings. The summed E-state index contributed by atoms with van der Waals surface area (Å²) < 4.78 is 37.4. The lowest BCUT2D eigenvalue weighted by molar-refractivity contribution is 0.123. The molecule has 2 aromatic rings. The maximum absolute atomic E-state index is 10.8. The van der Waals surface area contributed by atoms with Crippen molar-refractivity contribution >= 4 is 10.1 Å². The number of rotatable bonds is 11. The van der Waals surface area contributed by atoms with Crippen molar-refractivity contribution in [2.45, 2.75) is 19.4 Å². The van der Waals surface area contributed by atoms with Crippen LogP contribution >= 0.6 is 0 Å². The normalized spacial score (nSPS) is 11.4. The lowest BCUT2D eigenvalue weighted by Crippen LogP contribution is -2.07.